The number of carbonyl (C=O) groups is 2. The van der Waals surface area contributed by atoms with Crippen LogP contribution >= 0.6 is 0 Å². The molecule has 0 heterocycles. The van der Waals surface area contributed by atoms with Crippen LogP contribution in [0.4, 0.5) is 11.4 Å². The molecule has 0 saturated heterocycles. The third kappa shape index (κ3) is 7.44. The van der Waals surface area contributed by atoms with E-state index in [0.29, 0.717) is 38.9 Å². The summed E-state index contributed by atoms with van der Waals surface area (Å²) in [6.07, 6.45) is 2.01. The van der Waals surface area contributed by atoms with Gasteiger partial charge in [0.15, 0.2) is 0 Å². The molecule has 0 aliphatic carbocycles. The Labute approximate surface area is 208 Å². The summed E-state index contributed by atoms with van der Waals surface area (Å²) < 4.78 is 10.1. The van der Waals surface area contributed by atoms with Gasteiger partial charge in [0.1, 0.15) is 0 Å². The maximum absolute atomic E-state index is 11.8. The van der Waals surface area contributed by atoms with Crippen LogP contribution in [-0.4, -0.2) is 25.2 Å². The Bertz CT molecular complexity index is 1170. The zero-order valence-electron chi connectivity index (χ0n) is 21.1. The van der Waals surface area contributed by atoms with E-state index in [2.05, 4.69) is 49.5 Å². The summed E-state index contributed by atoms with van der Waals surface area (Å²) in [6.45, 7) is 8.70. The van der Waals surface area contributed by atoms with E-state index in [1.807, 2.05) is 44.2 Å². The van der Waals surface area contributed by atoms with Crippen LogP contribution in [0.2, 0.25) is 0 Å². The minimum Gasteiger partial charge on any atom is -0.466 e. The van der Waals surface area contributed by atoms with Gasteiger partial charge in [-0.1, -0.05) is 42.5 Å². The summed E-state index contributed by atoms with van der Waals surface area (Å²) in [6, 6.07) is 20.7. The minimum absolute atomic E-state index is 0.171. The molecule has 35 heavy (non-hydrogen) atoms. The fourth-order valence-electron chi connectivity index (χ4n) is 4.09. The molecule has 1 N–H and O–H groups in total. The van der Waals surface area contributed by atoms with Gasteiger partial charge in [-0.25, -0.2) is 0 Å². The number of anilines is 2. The van der Waals surface area contributed by atoms with Crippen molar-refractivity contribution in [1.29, 1.82) is 0 Å². The molecule has 184 valence electrons. The molecule has 0 aliphatic rings. The van der Waals surface area contributed by atoms with E-state index in [9.17, 15) is 9.59 Å². The Morgan fingerprint density at radius 1 is 0.771 bits per heavy atom. The van der Waals surface area contributed by atoms with Crippen LogP contribution in [0.25, 0.3) is 11.1 Å². The van der Waals surface area contributed by atoms with Crippen LogP contribution < -0.4 is 5.32 Å². The number of nitrogens with one attached hydrogen (secondary N) is 1. The van der Waals surface area contributed by atoms with E-state index in [4.69, 9.17) is 9.47 Å². The molecule has 0 radical (unpaired) electrons. The lowest BCUT2D eigenvalue weighted by Gasteiger charge is -2.18. The molecule has 0 aromatic heterocycles. The molecule has 0 amide bonds. The number of hydrogen-bond acceptors (Lipinski definition) is 5. The SMILES string of the molecule is CCOC(=O)CCc1cccc(Nc2ccc(C)c(C)c2-c2cccc(CCC(=O)OCC)c2)c1. The van der Waals surface area contributed by atoms with Gasteiger partial charge in [0.2, 0.25) is 0 Å². The van der Waals surface area contributed by atoms with Crippen molar-refractivity contribution in [3.8, 4) is 11.1 Å². The fourth-order valence-corrected chi connectivity index (χ4v) is 4.09. The molecular weight excluding hydrogens is 438 g/mol. The number of esters is 2. The van der Waals surface area contributed by atoms with E-state index in [0.717, 1.165) is 33.6 Å². The lowest BCUT2D eigenvalue weighted by molar-refractivity contribution is -0.144. The van der Waals surface area contributed by atoms with Gasteiger partial charge in [0.25, 0.3) is 0 Å². The number of ether oxygens (including phenoxy) is 2. The van der Waals surface area contributed by atoms with E-state index >= 15 is 0 Å². The summed E-state index contributed by atoms with van der Waals surface area (Å²) in [5.41, 5.74) is 8.82. The van der Waals surface area contributed by atoms with Gasteiger partial charge in [0, 0.05) is 29.8 Å². The number of rotatable bonds is 11. The number of hydrogen-bond donors (Lipinski definition) is 1. The van der Waals surface area contributed by atoms with Crippen molar-refractivity contribution in [1.82, 2.24) is 0 Å². The molecule has 0 aliphatic heterocycles. The highest BCUT2D eigenvalue weighted by Crippen LogP contribution is 2.35. The standard InChI is InChI=1S/C30H35NO4/c1-5-34-28(32)17-14-23-9-7-11-25(19-23)30-22(4)21(3)13-16-27(30)31-26-12-8-10-24(20-26)15-18-29(33)35-6-2/h7-13,16,19-20,31H,5-6,14-15,17-18H2,1-4H3. The predicted molar refractivity (Wildman–Crippen MR) is 141 cm³/mol. The Hall–Kier alpha value is -3.60. The van der Waals surface area contributed by atoms with Gasteiger partial charge in [-0.3, -0.25) is 9.59 Å². The minimum atomic E-state index is -0.176. The Balaban J connectivity index is 1.84. The zero-order chi connectivity index (χ0) is 25.2. The van der Waals surface area contributed by atoms with Gasteiger partial charge in [0.05, 0.1) is 13.2 Å². The van der Waals surface area contributed by atoms with Gasteiger partial charge >= 0.3 is 11.9 Å². The van der Waals surface area contributed by atoms with Crippen LogP contribution in [0, 0.1) is 13.8 Å². The molecule has 0 bridgehead atoms. The van der Waals surface area contributed by atoms with E-state index in [1.165, 1.54) is 11.1 Å². The molecule has 0 atom stereocenters. The van der Waals surface area contributed by atoms with Crippen molar-refractivity contribution < 1.29 is 19.1 Å². The normalized spacial score (nSPS) is 10.6. The van der Waals surface area contributed by atoms with Crippen LogP contribution in [-0.2, 0) is 31.9 Å². The fraction of sp³-hybridized carbons (Fsp3) is 0.333. The summed E-state index contributed by atoms with van der Waals surface area (Å²) >= 11 is 0. The highest BCUT2D eigenvalue weighted by Gasteiger charge is 2.13. The first-order valence-corrected chi connectivity index (χ1v) is 12.3. The third-order valence-electron chi connectivity index (χ3n) is 6.00. The molecule has 0 unspecified atom stereocenters. The molecule has 5 nitrogen and oxygen atoms in total. The Morgan fingerprint density at radius 3 is 2.00 bits per heavy atom. The van der Waals surface area contributed by atoms with Crippen molar-refractivity contribution in [2.24, 2.45) is 0 Å². The molecule has 0 spiro atoms. The summed E-state index contributed by atoms with van der Waals surface area (Å²) in [4.78, 5) is 23.6. The predicted octanol–water partition coefficient (Wildman–Crippen LogP) is 6.71. The van der Waals surface area contributed by atoms with Crippen LogP contribution in [0.3, 0.4) is 0 Å². The largest absolute Gasteiger partial charge is 0.466 e. The maximum Gasteiger partial charge on any atom is 0.306 e. The lowest BCUT2D eigenvalue weighted by Crippen LogP contribution is -2.05. The van der Waals surface area contributed by atoms with Crippen LogP contribution in [0.1, 0.15) is 48.9 Å². The third-order valence-corrected chi connectivity index (χ3v) is 6.00. The molecule has 3 aromatic rings. The van der Waals surface area contributed by atoms with E-state index < -0.39 is 0 Å². The number of aryl methyl sites for hydroxylation is 3. The van der Waals surface area contributed by atoms with Crippen molar-refractivity contribution >= 4 is 23.3 Å². The smallest absolute Gasteiger partial charge is 0.306 e. The maximum atomic E-state index is 11.8. The second kappa shape index (κ2) is 12.7. The van der Waals surface area contributed by atoms with Gasteiger partial charge in [-0.2, -0.15) is 0 Å². The van der Waals surface area contributed by atoms with Crippen molar-refractivity contribution in [3.63, 3.8) is 0 Å². The molecular formula is C30H35NO4. The lowest BCUT2D eigenvalue weighted by atomic mass is 9.93. The Kier molecular flexibility index (Phi) is 9.47. The summed E-state index contributed by atoms with van der Waals surface area (Å²) in [5, 5.41) is 3.59. The van der Waals surface area contributed by atoms with E-state index in [1.54, 1.807) is 0 Å². The summed E-state index contributed by atoms with van der Waals surface area (Å²) in [7, 11) is 0. The number of benzene rings is 3. The van der Waals surface area contributed by atoms with Crippen molar-refractivity contribution in [3.05, 3.63) is 82.9 Å². The Morgan fingerprint density at radius 2 is 1.37 bits per heavy atom. The first kappa shape index (κ1) is 26.0. The zero-order valence-corrected chi connectivity index (χ0v) is 21.1. The second-order valence-electron chi connectivity index (χ2n) is 8.57. The average molecular weight is 474 g/mol. The topological polar surface area (TPSA) is 64.6 Å². The van der Waals surface area contributed by atoms with Crippen molar-refractivity contribution in [2.45, 2.75) is 53.4 Å². The first-order valence-electron chi connectivity index (χ1n) is 12.3. The molecule has 3 aromatic carbocycles. The number of carbonyl (C=O) groups excluding carboxylic acids is 2. The molecule has 0 saturated carbocycles. The average Bonchev–Trinajstić information content (AvgIpc) is 2.85. The highest BCUT2D eigenvalue weighted by molar-refractivity contribution is 5.84. The van der Waals surface area contributed by atoms with Crippen molar-refractivity contribution in [2.75, 3.05) is 18.5 Å². The molecule has 0 fully saturated rings. The molecule has 5 heteroatoms. The highest BCUT2D eigenvalue weighted by atomic mass is 16.5. The molecule has 3 rings (SSSR count). The van der Waals surface area contributed by atoms with Crippen LogP contribution in [0.15, 0.2) is 60.7 Å². The summed E-state index contributed by atoms with van der Waals surface area (Å²) in [5.74, 6) is -0.347. The van der Waals surface area contributed by atoms with Crippen LogP contribution in [0.5, 0.6) is 0 Å². The monoisotopic (exact) mass is 473 g/mol. The van der Waals surface area contributed by atoms with Gasteiger partial charge in [-0.15, -0.1) is 0 Å². The second-order valence-corrected chi connectivity index (χ2v) is 8.57. The van der Waals surface area contributed by atoms with Gasteiger partial charge in [-0.05, 0) is 86.6 Å². The van der Waals surface area contributed by atoms with Gasteiger partial charge < -0.3 is 14.8 Å². The quantitative estimate of drug-likeness (QED) is 0.314. The first-order chi connectivity index (χ1) is 16.9. The van der Waals surface area contributed by atoms with E-state index in [-0.39, 0.29) is 11.9 Å².